The van der Waals surface area contributed by atoms with Crippen molar-refractivity contribution in [3.05, 3.63) is 83.5 Å². The first-order valence-electron chi connectivity index (χ1n) is 15.3. The molecule has 0 aromatic heterocycles. The maximum absolute atomic E-state index is 17.5. The molecule has 1 heterocycles. The summed E-state index contributed by atoms with van der Waals surface area (Å²) in [6, 6.07) is 14.7. The summed E-state index contributed by atoms with van der Waals surface area (Å²) in [5, 5.41) is 21.9. The lowest BCUT2D eigenvalue weighted by Crippen LogP contribution is -2.69. The van der Waals surface area contributed by atoms with Gasteiger partial charge in [0, 0.05) is 34.1 Å². The second kappa shape index (κ2) is 10.1. The third-order valence-electron chi connectivity index (χ3n) is 11.5. The third-order valence-corrected chi connectivity index (χ3v) is 11.5. The molecule has 4 aliphatic carbocycles. The number of halogens is 1. The highest BCUT2D eigenvalue weighted by Crippen LogP contribution is 2.72. The van der Waals surface area contributed by atoms with E-state index in [9.17, 15) is 19.8 Å². The van der Waals surface area contributed by atoms with Crippen LogP contribution in [-0.2, 0) is 25.7 Å². The Bertz CT molecular complexity index is 1570. The van der Waals surface area contributed by atoms with Gasteiger partial charge < -0.3 is 30.2 Å². The largest absolute Gasteiger partial charge is 0.489 e. The minimum absolute atomic E-state index is 0.0477. The van der Waals surface area contributed by atoms with E-state index in [1.807, 2.05) is 43.3 Å². The van der Waals surface area contributed by atoms with Crippen molar-refractivity contribution in [2.24, 2.45) is 22.7 Å². The van der Waals surface area contributed by atoms with Crippen molar-refractivity contribution >= 4 is 17.3 Å². The minimum atomic E-state index is -2.04. The average Bonchev–Trinajstić information content (AvgIpc) is 3.50. The fourth-order valence-corrected chi connectivity index (χ4v) is 9.26. The van der Waals surface area contributed by atoms with E-state index in [0.29, 0.717) is 48.4 Å². The third kappa shape index (κ3) is 3.89. The highest BCUT2D eigenvalue weighted by Gasteiger charge is 2.79. The number of allylic oxidation sites excluding steroid dienone is 4. The summed E-state index contributed by atoms with van der Waals surface area (Å²) in [6.07, 6.45) is 2.72. The van der Waals surface area contributed by atoms with Crippen LogP contribution in [0.4, 0.5) is 10.1 Å². The van der Waals surface area contributed by atoms with Crippen LogP contribution in [0.25, 0.3) is 0 Å². The van der Waals surface area contributed by atoms with Crippen LogP contribution < -0.4 is 10.5 Å². The number of nitrogen functional groups attached to an aromatic ring is 1. The van der Waals surface area contributed by atoms with E-state index in [4.69, 9.17) is 19.9 Å². The van der Waals surface area contributed by atoms with Gasteiger partial charge in [-0.2, -0.15) is 0 Å². The molecular formula is C35H38FNO7. The number of benzene rings is 2. The molecule has 9 atom stereocenters. The van der Waals surface area contributed by atoms with Gasteiger partial charge >= 0.3 is 0 Å². The Hall–Kier alpha value is -3.37. The van der Waals surface area contributed by atoms with E-state index in [1.165, 1.54) is 12.2 Å². The SMILES string of the molecule is C[C@]12C=CC(=O)C=C1CC[C@H]1[C@@H]3C[C@H]4O[C@@H](c5ccc(COc6cccc(N)c6)cc5)O[C@@]4(C(=O)CO)[C@@]3(C)C[C@H](O)[C@@]12F. The summed E-state index contributed by atoms with van der Waals surface area (Å²) in [7, 11) is 0. The van der Waals surface area contributed by atoms with Gasteiger partial charge in [0.15, 0.2) is 29.1 Å². The molecule has 8 nitrogen and oxygen atoms in total. The van der Waals surface area contributed by atoms with E-state index in [1.54, 1.807) is 25.1 Å². The fourth-order valence-electron chi connectivity index (χ4n) is 9.26. The molecule has 2 aromatic rings. The van der Waals surface area contributed by atoms with E-state index in [0.717, 1.165) is 5.56 Å². The monoisotopic (exact) mass is 603 g/mol. The molecule has 0 amide bonds. The minimum Gasteiger partial charge on any atom is -0.489 e. The summed E-state index contributed by atoms with van der Waals surface area (Å²) in [6.45, 7) is 3.21. The summed E-state index contributed by atoms with van der Waals surface area (Å²) in [4.78, 5) is 25.9. The highest BCUT2D eigenvalue weighted by molar-refractivity contribution is 6.01. The van der Waals surface area contributed by atoms with Crippen LogP contribution >= 0.6 is 0 Å². The van der Waals surface area contributed by atoms with Crippen molar-refractivity contribution < 1.29 is 38.4 Å². The molecule has 0 spiro atoms. The molecule has 1 saturated heterocycles. The number of Topliss-reactive ketones (excluding diaryl/α,β-unsaturated/α-hetero) is 1. The molecule has 5 aliphatic rings. The van der Waals surface area contributed by atoms with Crippen LogP contribution in [0.3, 0.4) is 0 Å². The van der Waals surface area contributed by atoms with E-state index < -0.39 is 58.9 Å². The normalized spacial score (nSPS) is 40.4. The second-order valence-corrected chi connectivity index (χ2v) is 13.5. The maximum atomic E-state index is 17.5. The molecule has 44 heavy (non-hydrogen) atoms. The van der Waals surface area contributed by atoms with Crippen LogP contribution in [0.5, 0.6) is 5.75 Å². The van der Waals surface area contributed by atoms with Crippen molar-refractivity contribution in [2.75, 3.05) is 12.3 Å². The average molecular weight is 604 g/mol. The molecular weight excluding hydrogens is 565 g/mol. The highest BCUT2D eigenvalue weighted by atomic mass is 19.1. The number of fused-ring (bicyclic) bond motifs is 7. The predicted molar refractivity (Wildman–Crippen MR) is 159 cm³/mol. The van der Waals surface area contributed by atoms with Gasteiger partial charge in [0.25, 0.3) is 0 Å². The Labute approximate surface area is 255 Å². The summed E-state index contributed by atoms with van der Waals surface area (Å²) >= 11 is 0. The van der Waals surface area contributed by atoms with Crippen molar-refractivity contribution in [3.8, 4) is 5.75 Å². The second-order valence-electron chi connectivity index (χ2n) is 13.5. The van der Waals surface area contributed by atoms with E-state index in [-0.39, 0.29) is 18.1 Å². The number of nitrogens with two attached hydrogens (primary N) is 1. The number of carbonyl (C=O) groups excluding carboxylic acids is 2. The predicted octanol–water partition coefficient (Wildman–Crippen LogP) is 4.54. The first-order valence-corrected chi connectivity index (χ1v) is 15.3. The van der Waals surface area contributed by atoms with Gasteiger partial charge in [-0.1, -0.05) is 48.9 Å². The molecule has 9 heteroatoms. The molecule has 7 rings (SSSR count). The molecule has 0 bridgehead atoms. The zero-order valence-corrected chi connectivity index (χ0v) is 24.9. The standard InChI is InChI=1S/C35H38FNO7/c1-32-13-12-24(39)14-22(32)10-11-26-27-16-30-35(29(41)18-38,33(27,2)17-28(40)34(26,32)36)44-31(43-30)21-8-6-20(7-9-21)19-42-25-5-3-4-23(37)15-25/h3-9,12-15,26-28,30-31,38,40H,10-11,16-19,37H2,1-2H3/t26-,27-,28-,30+,31+,32-,33-,34-,35+/m0/s1. The Kier molecular flexibility index (Phi) is 6.72. The summed E-state index contributed by atoms with van der Waals surface area (Å²) in [5.74, 6) is -0.988. The lowest BCUT2D eigenvalue weighted by molar-refractivity contribution is -0.231. The maximum Gasteiger partial charge on any atom is 0.193 e. The Morgan fingerprint density at radius 1 is 1.16 bits per heavy atom. The molecule has 0 unspecified atom stereocenters. The van der Waals surface area contributed by atoms with Crippen LogP contribution in [0, 0.1) is 22.7 Å². The van der Waals surface area contributed by atoms with Gasteiger partial charge in [-0.15, -0.1) is 0 Å². The van der Waals surface area contributed by atoms with Gasteiger partial charge in [-0.3, -0.25) is 9.59 Å². The van der Waals surface area contributed by atoms with Crippen molar-refractivity contribution in [1.29, 1.82) is 0 Å². The number of anilines is 1. The number of ether oxygens (including phenoxy) is 3. The van der Waals surface area contributed by atoms with E-state index in [2.05, 4.69) is 0 Å². The number of carbonyl (C=O) groups is 2. The van der Waals surface area contributed by atoms with Crippen molar-refractivity contribution in [1.82, 2.24) is 0 Å². The first-order chi connectivity index (χ1) is 21.0. The first kappa shape index (κ1) is 29.3. The number of aliphatic hydroxyl groups excluding tert-OH is 2. The number of aliphatic hydroxyl groups is 2. The van der Waals surface area contributed by atoms with Crippen LogP contribution in [0.15, 0.2) is 72.3 Å². The molecule has 0 radical (unpaired) electrons. The summed E-state index contributed by atoms with van der Waals surface area (Å²) < 4.78 is 36.4. The molecule has 2 aromatic carbocycles. The number of hydrogen-bond acceptors (Lipinski definition) is 8. The van der Waals surface area contributed by atoms with Crippen molar-refractivity contribution in [3.63, 3.8) is 0 Å². The van der Waals surface area contributed by atoms with Crippen LogP contribution in [-0.4, -0.2) is 51.9 Å². The van der Waals surface area contributed by atoms with Crippen LogP contribution in [0.1, 0.15) is 56.9 Å². The molecule has 4 N–H and O–H groups in total. The molecule has 4 fully saturated rings. The van der Waals surface area contributed by atoms with Gasteiger partial charge in [-0.25, -0.2) is 4.39 Å². The lowest BCUT2D eigenvalue weighted by atomic mass is 9.44. The fraction of sp³-hybridized carbons (Fsp3) is 0.486. The number of ketones is 2. The van der Waals surface area contributed by atoms with Crippen molar-refractivity contribution in [2.45, 2.75) is 75.9 Å². The summed E-state index contributed by atoms with van der Waals surface area (Å²) in [5.41, 5.74) is 3.03. The molecule has 1 aliphatic heterocycles. The lowest BCUT2D eigenvalue weighted by Gasteiger charge is -2.62. The van der Waals surface area contributed by atoms with Gasteiger partial charge in [0.1, 0.15) is 19.0 Å². The molecule has 232 valence electrons. The number of rotatable bonds is 6. The quantitative estimate of drug-likeness (QED) is 0.411. The smallest absolute Gasteiger partial charge is 0.193 e. The zero-order valence-electron chi connectivity index (χ0n) is 24.9. The Morgan fingerprint density at radius 2 is 1.93 bits per heavy atom. The van der Waals surface area contributed by atoms with Gasteiger partial charge in [0.2, 0.25) is 0 Å². The Morgan fingerprint density at radius 3 is 2.66 bits per heavy atom. The Balaban J connectivity index is 1.16. The van der Waals surface area contributed by atoms with Gasteiger partial charge in [-0.05, 0) is 68.4 Å². The number of alkyl halides is 1. The van der Waals surface area contributed by atoms with Crippen LogP contribution in [0.2, 0.25) is 0 Å². The van der Waals surface area contributed by atoms with Gasteiger partial charge in [0.05, 0.1) is 12.2 Å². The zero-order chi connectivity index (χ0) is 31.1. The topological polar surface area (TPSA) is 128 Å². The number of hydrogen-bond donors (Lipinski definition) is 3. The van der Waals surface area contributed by atoms with E-state index >= 15 is 4.39 Å². The molecule has 3 saturated carbocycles.